The highest BCUT2D eigenvalue weighted by Crippen LogP contribution is 2.37. The number of nitrogens with zero attached hydrogens (tertiary/aromatic N) is 6. The van der Waals surface area contributed by atoms with Gasteiger partial charge in [0, 0.05) is 45.1 Å². The first-order valence-corrected chi connectivity index (χ1v) is 13.3. The van der Waals surface area contributed by atoms with Crippen LogP contribution in [0, 0.1) is 0 Å². The zero-order valence-corrected chi connectivity index (χ0v) is 22.5. The van der Waals surface area contributed by atoms with Crippen molar-refractivity contribution in [3.8, 4) is 0 Å². The van der Waals surface area contributed by atoms with Crippen LogP contribution in [0.5, 0.6) is 0 Å². The summed E-state index contributed by atoms with van der Waals surface area (Å²) in [5, 5.41) is 5.44. The molecule has 0 bridgehead atoms. The summed E-state index contributed by atoms with van der Waals surface area (Å²) in [6.07, 6.45) is -6.20. The SMILES string of the molecule is CC[C@@H]([C@H]1CC[C@H](CC(=O)N2CCN(c3ncc(C(F)(F)F)cn3)CC2)O1)N(CC)c1cn[nH]c(=O)c1C(F)(F)F. The van der Waals surface area contributed by atoms with Crippen molar-refractivity contribution in [3.63, 3.8) is 0 Å². The summed E-state index contributed by atoms with van der Waals surface area (Å²) < 4.78 is 85.6. The van der Waals surface area contributed by atoms with Gasteiger partial charge >= 0.3 is 12.4 Å². The maximum Gasteiger partial charge on any atom is 0.423 e. The number of aromatic amines is 1. The number of aromatic nitrogens is 4. The van der Waals surface area contributed by atoms with Crippen molar-refractivity contribution in [2.75, 3.05) is 42.5 Å². The molecule has 1 N–H and O–H groups in total. The maximum atomic E-state index is 13.7. The Labute approximate surface area is 231 Å². The molecule has 16 heteroatoms. The Morgan fingerprint density at radius 1 is 1.05 bits per heavy atom. The summed E-state index contributed by atoms with van der Waals surface area (Å²) >= 11 is 0. The minimum absolute atomic E-state index is 0.0935. The van der Waals surface area contributed by atoms with E-state index in [1.165, 1.54) is 4.90 Å². The van der Waals surface area contributed by atoms with Crippen molar-refractivity contribution in [1.82, 2.24) is 25.1 Å². The van der Waals surface area contributed by atoms with Crippen molar-refractivity contribution >= 4 is 17.5 Å². The van der Waals surface area contributed by atoms with Crippen molar-refractivity contribution in [3.05, 3.63) is 40.1 Å². The van der Waals surface area contributed by atoms with E-state index in [2.05, 4.69) is 15.1 Å². The monoisotopic (exact) mass is 591 g/mol. The summed E-state index contributed by atoms with van der Waals surface area (Å²) in [6, 6.07) is -0.475. The van der Waals surface area contributed by atoms with E-state index >= 15 is 0 Å². The number of rotatable bonds is 8. The minimum atomic E-state index is -4.87. The largest absolute Gasteiger partial charge is 0.423 e. The predicted octanol–water partition coefficient (Wildman–Crippen LogP) is 3.49. The highest BCUT2D eigenvalue weighted by Gasteiger charge is 2.42. The number of amides is 1. The minimum Gasteiger partial charge on any atom is -0.372 e. The molecule has 10 nitrogen and oxygen atoms in total. The summed E-state index contributed by atoms with van der Waals surface area (Å²) in [5.41, 5.74) is -3.87. The molecule has 3 atom stereocenters. The normalized spacial score (nSPS) is 20.8. The van der Waals surface area contributed by atoms with Crippen LogP contribution in [0.4, 0.5) is 38.0 Å². The number of ether oxygens (including phenoxy) is 1. The first-order valence-electron chi connectivity index (χ1n) is 13.3. The van der Waals surface area contributed by atoms with Gasteiger partial charge in [-0.2, -0.15) is 31.4 Å². The molecule has 4 heterocycles. The van der Waals surface area contributed by atoms with E-state index in [0.717, 1.165) is 18.6 Å². The summed E-state index contributed by atoms with van der Waals surface area (Å²) in [5.74, 6) is 0.00428. The van der Waals surface area contributed by atoms with Gasteiger partial charge < -0.3 is 19.4 Å². The number of carbonyl (C=O) groups excluding carboxylic acids is 1. The Morgan fingerprint density at radius 3 is 2.27 bits per heavy atom. The molecule has 2 aromatic heterocycles. The van der Waals surface area contributed by atoms with Crippen LogP contribution < -0.4 is 15.4 Å². The van der Waals surface area contributed by atoms with Crippen LogP contribution in [0.15, 0.2) is 23.4 Å². The predicted molar refractivity (Wildman–Crippen MR) is 135 cm³/mol. The van der Waals surface area contributed by atoms with Crippen LogP contribution in [0.1, 0.15) is 50.7 Å². The molecule has 2 saturated heterocycles. The quantitative estimate of drug-likeness (QED) is 0.465. The number of alkyl halides is 6. The number of anilines is 2. The van der Waals surface area contributed by atoms with E-state index < -0.39 is 47.3 Å². The number of hydrogen-bond acceptors (Lipinski definition) is 8. The second-order valence-corrected chi connectivity index (χ2v) is 9.93. The van der Waals surface area contributed by atoms with Gasteiger partial charge in [0.2, 0.25) is 11.9 Å². The van der Waals surface area contributed by atoms with E-state index in [-0.39, 0.29) is 30.5 Å². The number of carbonyl (C=O) groups is 1. The third-order valence-electron chi connectivity index (χ3n) is 7.44. The molecule has 2 aromatic rings. The van der Waals surface area contributed by atoms with Crippen LogP contribution in [0.25, 0.3) is 0 Å². The van der Waals surface area contributed by atoms with Gasteiger partial charge in [-0.25, -0.2) is 15.1 Å². The average Bonchev–Trinajstić information content (AvgIpc) is 3.38. The van der Waals surface area contributed by atoms with Crippen LogP contribution in [-0.4, -0.2) is 81.9 Å². The van der Waals surface area contributed by atoms with Gasteiger partial charge in [0.05, 0.1) is 42.1 Å². The first kappa shape index (κ1) is 30.5. The number of hydrogen-bond donors (Lipinski definition) is 1. The van der Waals surface area contributed by atoms with Gasteiger partial charge in [-0.3, -0.25) is 9.59 Å². The Morgan fingerprint density at radius 2 is 1.71 bits per heavy atom. The van der Waals surface area contributed by atoms with E-state index in [1.54, 1.807) is 16.7 Å². The Kier molecular flexibility index (Phi) is 9.09. The lowest BCUT2D eigenvalue weighted by Gasteiger charge is -2.37. The highest BCUT2D eigenvalue weighted by atomic mass is 19.4. The van der Waals surface area contributed by atoms with Gasteiger partial charge in [0.15, 0.2) is 0 Å². The third kappa shape index (κ3) is 6.90. The zero-order valence-electron chi connectivity index (χ0n) is 22.5. The van der Waals surface area contributed by atoms with E-state index in [1.807, 2.05) is 12.0 Å². The smallest absolute Gasteiger partial charge is 0.372 e. The van der Waals surface area contributed by atoms with Gasteiger partial charge in [-0.05, 0) is 26.2 Å². The molecule has 2 fully saturated rings. The highest BCUT2D eigenvalue weighted by molar-refractivity contribution is 5.77. The summed E-state index contributed by atoms with van der Waals surface area (Å²) in [6.45, 7) is 5.05. The molecule has 0 radical (unpaired) electrons. The lowest BCUT2D eigenvalue weighted by molar-refractivity contribution is -0.139. The number of halogens is 6. The fourth-order valence-corrected chi connectivity index (χ4v) is 5.43. The van der Waals surface area contributed by atoms with Gasteiger partial charge in [-0.1, -0.05) is 6.92 Å². The maximum absolute atomic E-state index is 13.7. The number of nitrogens with one attached hydrogen (secondary N) is 1. The van der Waals surface area contributed by atoms with Crippen LogP contribution >= 0.6 is 0 Å². The van der Waals surface area contributed by atoms with Gasteiger partial charge in [0.25, 0.3) is 5.56 Å². The molecule has 0 spiro atoms. The summed E-state index contributed by atoms with van der Waals surface area (Å²) in [7, 11) is 0. The lowest BCUT2D eigenvalue weighted by atomic mass is 10.0. The van der Waals surface area contributed by atoms with Crippen molar-refractivity contribution in [1.29, 1.82) is 0 Å². The molecular weight excluding hydrogens is 560 g/mol. The first-order chi connectivity index (χ1) is 19.3. The number of likely N-dealkylation sites (N-methyl/N-ethyl adjacent to an activating group) is 1. The topological polar surface area (TPSA) is 108 Å². The van der Waals surface area contributed by atoms with Crippen LogP contribution in [-0.2, 0) is 21.9 Å². The lowest BCUT2D eigenvalue weighted by Crippen LogP contribution is -2.50. The second kappa shape index (κ2) is 12.2. The standard InChI is InChI=1S/C25H31F6N7O3/c1-3-17(38(4-2)18-14-34-35-22(40)21(18)25(29,30)31)19-6-5-16(41-19)11-20(39)36-7-9-37(10-8-36)23-32-12-15(13-33-23)24(26,27)28/h12-14,16-17,19H,3-11H2,1-2H3,(H,35,40)/t16-,17+,19-/m1/s1. The van der Waals surface area contributed by atoms with Crippen LogP contribution in [0.2, 0.25) is 0 Å². The van der Waals surface area contributed by atoms with Crippen molar-refractivity contribution in [2.24, 2.45) is 0 Å². The molecule has 4 rings (SSSR count). The Hall–Kier alpha value is -3.43. The Bertz CT molecular complexity index is 1250. The fourth-order valence-electron chi connectivity index (χ4n) is 5.43. The number of piperazine rings is 1. The van der Waals surface area contributed by atoms with Gasteiger partial charge in [-0.15, -0.1) is 0 Å². The van der Waals surface area contributed by atoms with E-state index in [9.17, 15) is 35.9 Å². The molecule has 0 aromatic carbocycles. The molecule has 0 unspecified atom stereocenters. The number of H-pyrrole nitrogens is 1. The Balaban J connectivity index is 1.34. The van der Waals surface area contributed by atoms with Crippen molar-refractivity contribution in [2.45, 2.75) is 70.1 Å². The molecule has 2 aliphatic rings. The molecular formula is C25H31F6N7O3. The molecule has 0 saturated carbocycles. The van der Waals surface area contributed by atoms with Crippen LogP contribution in [0.3, 0.4) is 0 Å². The molecule has 0 aliphatic carbocycles. The van der Waals surface area contributed by atoms with Crippen molar-refractivity contribution < 1.29 is 35.9 Å². The fraction of sp³-hybridized carbons (Fsp3) is 0.640. The molecule has 226 valence electrons. The second-order valence-electron chi connectivity index (χ2n) is 9.93. The third-order valence-corrected chi connectivity index (χ3v) is 7.44. The van der Waals surface area contributed by atoms with E-state index in [0.29, 0.717) is 45.4 Å². The molecule has 2 aliphatic heterocycles. The molecule has 41 heavy (non-hydrogen) atoms. The molecule has 1 amide bonds. The van der Waals surface area contributed by atoms with E-state index in [4.69, 9.17) is 4.74 Å². The zero-order chi connectivity index (χ0) is 29.9. The van der Waals surface area contributed by atoms with Gasteiger partial charge in [0.1, 0.15) is 5.56 Å². The summed E-state index contributed by atoms with van der Waals surface area (Å²) in [4.78, 5) is 37.5. The average molecular weight is 592 g/mol.